The van der Waals surface area contributed by atoms with Crippen molar-refractivity contribution < 1.29 is 9.90 Å². The van der Waals surface area contributed by atoms with E-state index >= 15 is 0 Å². The van der Waals surface area contributed by atoms with Crippen molar-refractivity contribution in [3.63, 3.8) is 0 Å². The summed E-state index contributed by atoms with van der Waals surface area (Å²) in [5.74, 6) is -0.714. The molecular formula is C9H9BrClNO2. The number of carboxylic acids is 1. The Morgan fingerprint density at radius 1 is 1.57 bits per heavy atom. The Bertz CT molecular complexity index is 341. The summed E-state index contributed by atoms with van der Waals surface area (Å²) in [6, 6.07) is 3.76. The normalized spacial score (nSPS) is 23.8. The molecule has 1 saturated carbocycles. The van der Waals surface area contributed by atoms with Gasteiger partial charge in [-0.3, -0.25) is 4.79 Å². The first-order valence-electron chi connectivity index (χ1n) is 4.03. The highest BCUT2D eigenvalue weighted by atomic mass is 79.9. The molecule has 1 aliphatic rings. The number of nitrogens with zero attached hydrogens (tertiary/aromatic N) is 1. The van der Waals surface area contributed by atoms with E-state index in [-0.39, 0.29) is 24.2 Å². The zero-order valence-corrected chi connectivity index (χ0v) is 9.59. The van der Waals surface area contributed by atoms with Crippen molar-refractivity contribution in [1.82, 2.24) is 4.98 Å². The molecule has 0 radical (unpaired) electrons. The SMILES string of the molecule is Cl.O=C(O)[C@H]1C[C@@H]1c1ccc(Br)nc1. The number of hydrogen-bond acceptors (Lipinski definition) is 2. The van der Waals surface area contributed by atoms with Crippen LogP contribution in [0.15, 0.2) is 22.9 Å². The number of pyridine rings is 1. The molecule has 5 heteroatoms. The molecule has 1 aliphatic carbocycles. The minimum absolute atomic E-state index is 0. The molecule has 0 aliphatic heterocycles. The lowest BCUT2D eigenvalue weighted by Crippen LogP contribution is -1.98. The van der Waals surface area contributed by atoms with Gasteiger partial charge in [0, 0.05) is 6.20 Å². The van der Waals surface area contributed by atoms with Gasteiger partial charge in [-0.15, -0.1) is 12.4 Å². The number of carbonyl (C=O) groups is 1. The quantitative estimate of drug-likeness (QED) is 0.846. The second-order valence-electron chi connectivity index (χ2n) is 3.20. The fourth-order valence-corrected chi connectivity index (χ4v) is 1.68. The van der Waals surface area contributed by atoms with E-state index in [1.807, 2.05) is 12.1 Å². The second-order valence-corrected chi connectivity index (χ2v) is 4.01. The summed E-state index contributed by atoms with van der Waals surface area (Å²) < 4.78 is 0.781. The molecule has 0 saturated heterocycles. The van der Waals surface area contributed by atoms with Crippen LogP contribution < -0.4 is 0 Å². The molecule has 76 valence electrons. The maximum absolute atomic E-state index is 10.6. The van der Waals surface area contributed by atoms with Gasteiger partial charge in [-0.25, -0.2) is 4.98 Å². The Kier molecular flexibility index (Phi) is 3.50. The minimum Gasteiger partial charge on any atom is -0.481 e. The molecule has 0 unspecified atom stereocenters. The molecule has 1 aromatic rings. The van der Waals surface area contributed by atoms with Gasteiger partial charge in [0.1, 0.15) is 4.60 Å². The van der Waals surface area contributed by atoms with Crippen LogP contribution in [0, 0.1) is 5.92 Å². The third-order valence-corrected chi connectivity index (χ3v) is 2.76. The molecule has 0 bridgehead atoms. The number of carboxylic acid groups (broad SMARTS) is 1. The lowest BCUT2D eigenvalue weighted by atomic mass is 10.1. The molecule has 2 atom stereocenters. The van der Waals surface area contributed by atoms with Gasteiger partial charge in [0.2, 0.25) is 0 Å². The average molecular weight is 279 g/mol. The maximum Gasteiger partial charge on any atom is 0.307 e. The van der Waals surface area contributed by atoms with Crippen molar-refractivity contribution in [1.29, 1.82) is 0 Å². The van der Waals surface area contributed by atoms with E-state index in [0.29, 0.717) is 0 Å². The monoisotopic (exact) mass is 277 g/mol. The summed E-state index contributed by atoms with van der Waals surface area (Å²) in [6.45, 7) is 0. The third kappa shape index (κ3) is 2.25. The molecule has 0 amide bonds. The van der Waals surface area contributed by atoms with Gasteiger partial charge in [0.15, 0.2) is 0 Å². The molecule has 0 aromatic carbocycles. The molecule has 1 N–H and O–H groups in total. The summed E-state index contributed by atoms with van der Waals surface area (Å²) in [5.41, 5.74) is 1.02. The first-order chi connectivity index (χ1) is 6.18. The van der Waals surface area contributed by atoms with Crippen molar-refractivity contribution in [2.24, 2.45) is 5.92 Å². The number of aliphatic carboxylic acids is 1. The van der Waals surface area contributed by atoms with Crippen LogP contribution in [-0.2, 0) is 4.79 Å². The fourth-order valence-electron chi connectivity index (χ4n) is 1.44. The summed E-state index contributed by atoms with van der Waals surface area (Å²) in [5, 5.41) is 8.71. The van der Waals surface area contributed by atoms with Gasteiger partial charge in [0.25, 0.3) is 0 Å². The van der Waals surface area contributed by atoms with E-state index in [0.717, 1.165) is 16.6 Å². The summed E-state index contributed by atoms with van der Waals surface area (Å²) in [4.78, 5) is 14.6. The van der Waals surface area contributed by atoms with E-state index in [4.69, 9.17) is 5.11 Å². The molecule has 0 spiro atoms. The summed E-state index contributed by atoms with van der Waals surface area (Å²) in [6.07, 6.45) is 2.48. The van der Waals surface area contributed by atoms with Crippen LogP contribution in [0.5, 0.6) is 0 Å². The van der Waals surface area contributed by atoms with Crippen LogP contribution in [0.3, 0.4) is 0 Å². The summed E-state index contributed by atoms with van der Waals surface area (Å²) in [7, 11) is 0. The molecular weight excluding hydrogens is 269 g/mol. The van der Waals surface area contributed by atoms with Crippen molar-refractivity contribution in [3.05, 3.63) is 28.5 Å². The van der Waals surface area contributed by atoms with E-state index in [2.05, 4.69) is 20.9 Å². The Morgan fingerprint density at radius 2 is 2.29 bits per heavy atom. The predicted octanol–water partition coefficient (Wildman–Crippen LogP) is 2.45. The van der Waals surface area contributed by atoms with E-state index < -0.39 is 5.97 Å². The fraction of sp³-hybridized carbons (Fsp3) is 0.333. The van der Waals surface area contributed by atoms with Crippen molar-refractivity contribution in [3.8, 4) is 0 Å². The van der Waals surface area contributed by atoms with Crippen molar-refractivity contribution in [2.45, 2.75) is 12.3 Å². The van der Waals surface area contributed by atoms with Crippen LogP contribution in [0.25, 0.3) is 0 Å². The van der Waals surface area contributed by atoms with Crippen LogP contribution in [0.4, 0.5) is 0 Å². The second kappa shape index (κ2) is 4.28. The first-order valence-corrected chi connectivity index (χ1v) is 4.82. The zero-order valence-electron chi connectivity index (χ0n) is 7.18. The lowest BCUT2D eigenvalue weighted by Gasteiger charge is -1.96. The van der Waals surface area contributed by atoms with Gasteiger partial charge >= 0.3 is 5.97 Å². The Labute approximate surface area is 96.1 Å². The Balaban J connectivity index is 0.000000980. The zero-order chi connectivity index (χ0) is 9.42. The average Bonchev–Trinajstić information content (AvgIpc) is 2.85. The third-order valence-electron chi connectivity index (χ3n) is 2.29. The first kappa shape index (κ1) is 11.5. The summed E-state index contributed by atoms with van der Waals surface area (Å²) >= 11 is 3.23. The van der Waals surface area contributed by atoms with Crippen LogP contribution in [-0.4, -0.2) is 16.1 Å². The van der Waals surface area contributed by atoms with Crippen molar-refractivity contribution in [2.75, 3.05) is 0 Å². The van der Waals surface area contributed by atoms with E-state index in [1.54, 1.807) is 6.20 Å². The Morgan fingerprint density at radius 3 is 2.71 bits per heavy atom. The molecule has 14 heavy (non-hydrogen) atoms. The number of rotatable bonds is 2. The molecule has 2 rings (SSSR count). The van der Waals surface area contributed by atoms with E-state index in [1.165, 1.54) is 0 Å². The van der Waals surface area contributed by atoms with Crippen LogP contribution >= 0.6 is 28.3 Å². The number of hydrogen-bond donors (Lipinski definition) is 1. The van der Waals surface area contributed by atoms with Crippen LogP contribution in [0.2, 0.25) is 0 Å². The number of halogens is 2. The molecule has 1 fully saturated rings. The van der Waals surface area contributed by atoms with Gasteiger partial charge in [0.05, 0.1) is 5.92 Å². The highest BCUT2D eigenvalue weighted by Gasteiger charge is 2.44. The maximum atomic E-state index is 10.6. The highest BCUT2D eigenvalue weighted by Crippen LogP contribution is 2.47. The molecule has 1 aromatic heterocycles. The number of aromatic nitrogens is 1. The lowest BCUT2D eigenvalue weighted by molar-refractivity contribution is -0.138. The van der Waals surface area contributed by atoms with Gasteiger partial charge < -0.3 is 5.11 Å². The molecule has 1 heterocycles. The highest BCUT2D eigenvalue weighted by molar-refractivity contribution is 9.10. The predicted molar refractivity (Wildman–Crippen MR) is 57.7 cm³/mol. The van der Waals surface area contributed by atoms with Gasteiger partial charge in [-0.05, 0) is 39.9 Å². The Hall–Kier alpha value is -0.610. The largest absolute Gasteiger partial charge is 0.481 e. The van der Waals surface area contributed by atoms with Crippen molar-refractivity contribution >= 4 is 34.3 Å². The molecule has 3 nitrogen and oxygen atoms in total. The van der Waals surface area contributed by atoms with Gasteiger partial charge in [-0.1, -0.05) is 6.07 Å². The van der Waals surface area contributed by atoms with Crippen LogP contribution in [0.1, 0.15) is 17.9 Å². The minimum atomic E-state index is -0.701. The standard InChI is InChI=1S/C9H8BrNO2.ClH/c10-8-2-1-5(4-11-8)6-3-7(6)9(12)13;/h1-2,4,6-7H,3H2,(H,12,13);1H/t6-,7+;/m1./s1. The topological polar surface area (TPSA) is 50.2 Å². The smallest absolute Gasteiger partial charge is 0.307 e. The van der Waals surface area contributed by atoms with Gasteiger partial charge in [-0.2, -0.15) is 0 Å². The van der Waals surface area contributed by atoms with E-state index in [9.17, 15) is 4.79 Å².